The van der Waals surface area contributed by atoms with Crippen molar-refractivity contribution in [2.75, 3.05) is 26.2 Å². The number of aryl methyl sites for hydroxylation is 1. The molecule has 3 rings (SSSR count). The lowest BCUT2D eigenvalue weighted by molar-refractivity contribution is 0.0390. The molecule has 0 N–H and O–H groups in total. The number of carbonyl (C=O) groups excluding carboxylic acids is 1. The molecule has 2 atom stereocenters. The van der Waals surface area contributed by atoms with Gasteiger partial charge in [-0.1, -0.05) is 16.8 Å². The van der Waals surface area contributed by atoms with Crippen molar-refractivity contribution in [3.8, 4) is 11.3 Å². The van der Waals surface area contributed by atoms with Crippen LogP contribution in [0.15, 0.2) is 28.8 Å². The van der Waals surface area contributed by atoms with Crippen molar-refractivity contribution in [1.29, 1.82) is 0 Å². The normalized spacial score (nSPS) is 19.1. The van der Waals surface area contributed by atoms with Crippen molar-refractivity contribution < 1.29 is 18.4 Å². The molecule has 0 radical (unpaired) electrons. The van der Waals surface area contributed by atoms with Crippen LogP contribution in [0.4, 0.5) is 9.18 Å². The number of benzene rings is 1. The highest BCUT2D eigenvalue weighted by atomic mass is 19.1. The van der Waals surface area contributed by atoms with Crippen LogP contribution in [0.1, 0.15) is 38.1 Å². The first kappa shape index (κ1) is 19.4. The molecule has 1 aliphatic heterocycles. The van der Waals surface area contributed by atoms with Crippen LogP contribution < -0.4 is 0 Å². The molecule has 1 aliphatic rings. The summed E-state index contributed by atoms with van der Waals surface area (Å²) in [5.74, 6) is 0.100. The summed E-state index contributed by atoms with van der Waals surface area (Å²) in [7, 11) is 0. The van der Waals surface area contributed by atoms with Crippen LogP contribution in [0.25, 0.3) is 11.3 Å². The number of nitrogens with zero attached hydrogens (tertiary/aromatic N) is 3. The van der Waals surface area contributed by atoms with E-state index < -0.39 is 0 Å². The maximum absolute atomic E-state index is 14.1. The topological polar surface area (TPSA) is 58.8 Å². The molecule has 0 spiro atoms. The monoisotopic (exact) mass is 375 g/mol. The number of aromatic nitrogens is 1. The van der Waals surface area contributed by atoms with Crippen LogP contribution in [0, 0.1) is 12.7 Å². The fourth-order valence-electron chi connectivity index (χ4n) is 3.54. The number of rotatable bonds is 4. The molecular formula is C20H26FN3O3. The Labute approximate surface area is 158 Å². The maximum Gasteiger partial charge on any atom is 0.409 e. The van der Waals surface area contributed by atoms with Gasteiger partial charge in [0, 0.05) is 31.7 Å². The molecule has 1 saturated heterocycles. The third-order valence-corrected chi connectivity index (χ3v) is 5.05. The lowest BCUT2D eigenvalue weighted by atomic mass is 10.1. The molecule has 0 aliphatic carbocycles. The second kappa shape index (κ2) is 8.08. The van der Waals surface area contributed by atoms with E-state index in [0.717, 1.165) is 11.3 Å². The summed E-state index contributed by atoms with van der Waals surface area (Å²) in [5.41, 5.74) is 2.13. The summed E-state index contributed by atoms with van der Waals surface area (Å²) in [6.45, 7) is 10.1. The summed E-state index contributed by atoms with van der Waals surface area (Å²) in [6.07, 6.45) is -0.268. The number of hydrogen-bond donors (Lipinski definition) is 0. The van der Waals surface area contributed by atoms with Crippen LogP contribution in [0.3, 0.4) is 0 Å². The second-order valence-electron chi connectivity index (χ2n) is 7.01. The maximum atomic E-state index is 14.1. The van der Waals surface area contributed by atoms with Gasteiger partial charge in [0.1, 0.15) is 11.5 Å². The van der Waals surface area contributed by atoms with Crippen molar-refractivity contribution in [2.45, 2.75) is 39.8 Å². The van der Waals surface area contributed by atoms with E-state index in [1.807, 2.05) is 13.8 Å². The summed E-state index contributed by atoms with van der Waals surface area (Å²) in [5, 5.41) is 4.17. The molecule has 1 aromatic carbocycles. The van der Waals surface area contributed by atoms with Crippen molar-refractivity contribution in [1.82, 2.24) is 15.0 Å². The minimum Gasteiger partial charge on any atom is -0.450 e. The van der Waals surface area contributed by atoms with Crippen molar-refractivity contribution in [2.24, 2.45) is 0 Å². The van der Waals surface area contributed by atoms with E-state index >= 15 is 0 Å². The van der Waals surface area contributed by atoms with E-state index in [0.29, 0.717) is 37.6 Å². The van der Waals surface area contributed by atoms with Crippen LogP contribution in [-0.2, 0) is 4.74 Å². The molecule has 0 bridgehead atoms. The number of carbonyl (C=O) groups is 1. The van der Waals surface area contributed by atoms with Crippen molar-refractivity contribution in [3.63, 3.8) is 0 Å². The Morgan fingerprint density at radius 3 is 2.89 bits per heavy atom. The zero-order chi connectivity index (χ0) is 19.6. The number of hydrogen-bond acceptors (Lipinski definition) is 5. The lowest BCUT2D eigenvalue weighted by Gasteiger charge is -2.41. The molecule has 0 saturated carbocycles. The third-order valence-electron chi connectivity index (χ3n) is 5.05. The molecular weight excluding hydrogens is 349 g/mol. The summed E-state index contributed by atoms with van der Waals surface area (Å²) >= 11 is 0. The Kier molecular flexibility index (Phi) is 5.79. The van der Waals surface area contributed by atoms with Gasteiger partial charge in [-0.25, -0.2) is 9.18 Å². The van der Waals surface area contributed by atoms with Gasteiger partial charge < -0.3 is 14.2 Å². The molecule has 2 aromatic rings. The van der Waals surface area contributed by atoms with Gasteiger partial charge in [0.05, 0.1) is 18.2 Å². The van der Waals surface area contributed by atoms with E-state index in [9.17, 15) is 9.18 Å². The summed E-state index contributed by atoms with van der Waals surface area (Å²) < 4.78 is 24.6. The standard InChI is InChI=1S/C20H26FN3O3/c1-5-26-20(25)23-8-9-24(14(3)12-23)15(4)18-11-19(27-22-18)16-10-13(2)6-7-17(16)21/h6-7,10-11,14-15H,5,8-9,12H2,1-4H3/t14-,15?/m0/s1. The number of ether oxygens (including phenoxy) is 1. The first-order valence-electron chi connectivity index (χ1n) is 9.31. The molecule has 27 heavy (non-hydrogen) atoms. The Morgan fingerprint density at radius 2 is 2.19 bits per heavy atom. The van der Waals surface area contributed by atoms with Crippen LogP contribution in [-0.4, -0.2) is 53.3 Å². The quantitative estimate of drug-likeness (QED) is 0.808. The van der Waals surface area contributed by atoms with Gasteiger partial charge in [-0.2, -0.15) is 0 Å². The molecule has 7 heteroatoms. The first-order valence-corrected chi connectivity index (χ1v) is 9.31. The third kappa shape index (κ3) is 4.13. The Morgan fingerprint density at radius 1 is 1.41 bits per heavy atom. The van der Waals surface area contributed by atoms with E-state index in [2.05, 4.69) is 17.0 Å². The van der Waals surface area contributed by atoms with Gasteiger partial charge in [0.2, 0.25) is 0 Å². The second-order valence-corrected chi connectivity index (χ2v) is 7.01. The largest absolute Gasteiger partial charge is 0.450 e. The zero-order valence-corrected chi connectivity index (χ0v) is 16.2. The molecule has 1 unspecified atom stereocenters. The molecule has 1 fully saturated rings. The van der Waals surface area contributed by atoms with E-state index in [1.54, 1.807) is 30.0 Å². The fraction of sp³-hybridized carbons (Fsp3) is 0.500. The van der Waals surface area contributed by atoms with E-state index in [-0.39, 0.29) is 24.0 Å². The minimum absolute atomic E-state index is 0.00489. The van der Waals surface area contributed by atoms with Gasteiger partial charge in [-0.15, -0.1) is 0 Å². The summed E-state index contributed by atoms with van der Waals surface area (Å²) in [4.78, 5) is 15.9. The number of piperazine rings is 1. The van der Waals surface area contributed by atoms with Crippen molar-refractivity contribution >= 4 is 6.09 Å². The minimum atomic E-state index is -0.327. The molecule has 6 nitrogen and oxygen atoms in total. The zero-order valence-electron chi connectivity index (χ0n) is 16.2. The number of amides is 1. The van der Waals surface area contributed by atoms with E-state index in [1.165, 1.54) is 6.07 Å². The van der Waals surface area contributed by atoms with Crippen LogP contribution >= 0.6 is 0 Å². The Balaban J connectivity index is 1.72. The fourth-order valence-corrected chi connectivity index (χ4v) is 3.54. The lowest BCUT2D eigenvalue weighted by Crippen LogP contribution is -2.54. The Hall–Kier alpha value is -2.41. The highest BCUT2D eigenvalue weighted by Gasteiger charge is 2.32. The predicted octanol–water partition coefficient (Wildman–Crippen LogP) is 4.01. The average Bonchev–Trinajstić information content (AvgIpc) is 3.13. The van der Waals surface area contributed by atoms with Gasteiger partial charge in [0.15, 0.2) is 5.76 Å². The summed E-state index contributed by atoms with van der Waals surface area (Å²) in [6, 6.07) is 6.86. The number of halogens is 1. The van der Waals surface area contributed by atoms with Gasteiger partial charge >= 0.3 is 6.09 Å². The van der Waals surface area contributed by atoms with Gasteiger partial charge in [-0.3, -0.25) is 4.90 Å². The van der Waals surface area contributed by atoms with Crippen molar-refractivity contribution in [3.05, 3.63) is 41.3 Å². The molecule has 1 amide bonds. The highest BCUT2D eigenvalue weighted by molar-refractivity contribution is 5.67. The average molecular weight is 375 g/mol. The highest BCUT2D eigenvalue weighted by Crippen LogP contribution is 2.30. The predicted molar refractivity (Wildman–Crippen MR) is 99.8 cm³/mol. The van der Waals surface area contributed by atoms with E-state index in [4.69, 9.17) is 9.26 Å². The SMILES string of the molecule is CCOC(=O)N1CCN(C(C)c2cc(-c3cc(C)ccc3F)on2)[C@@H](C)C1. The molecule has 1 aromatic heterocycles. The van der Waals surface area contributed by atoms with Crippen LogP contribution in [0.2, 0.25) is 0 Å². The van der Waals surface area contributed by atoms with Gasteiger partial charge in [0.25, 0.3) is 0 Å². The molecule has 2 heterocycles. The van der Waals surface area contributed by atoms with Gasteiger partial charge in [-0.05, 0) is 39.8 Å². The molecule has 146 valence electrons. The first-order chi connectivity index (χ1) is 12.9. The van der Waals surface area contributed by atoms with Crippen LogP contribution in [0.5, 0.6) is 0 Å². The smallest absolute Gasteiger partial charge is 0.409 e. The Bertz CT molecular complexity index is 808.